The summed E-state index contributed by atoms with van der Waals surface area (Å²) < 4.78 is 27.1. The maximum absolute atomic E-state index is 11.9. The van der Waals surface area contributed by atoms with Crippen molar-refractivity contribution < 1.29 is 33.0 Å². The van der Waals surface area contributed by atoms with Crippen LogP contribution in [0.3, 0.4) is 0 Å². The fraction of sp³-hybridized carbons (Fsp3) is 0.175. The predicted octanol–water partition coefficient (Wildman–Crippen LogP) is 11.4. The van der Waals surface area contributed by atoms with Crippen molar-refractivity contribution in [2.24, 2.45) is 11.3 Å². The van der Waals surface area contributed by atoms with E-state index >= 15 is 0 Å². The van der Waals surface area contributed by atoms with E-state index in [1.807, 2.05) is 18.2 Å². The molecule has 1 atom stereocenters. The van der Waals surface area contributed by atoms with Crippen LogP contribution in [-0.4, -0.2) is 4.21 Å². The van der Waals surface area contributed by atoms with Crippen molar-refractivity contribution in [2.75, 3.05) is 0 Å². The Kier molecular flexibility index (Phi) is 20.3. The van der Waals surface area contributed by atoms with Crippen LogP contribution in [0.15, 0.2) is 110 Å². The summed E-state index contributed by atoms with van der Waals surface area (Å²) in [5, 5.41) is 0. The molecule has 0 nitrogen and oxygen atoms in total. The molecule has 0 fully saturated rings. The van der Waals surface area contributed by atoms with E-state index in [-0.39, 0.29) is 36.4 Å². The molecular weight excluding hydrogens is 681 g/mol. The van der Waals surface area contributed by atoms with Crippen LogP contribution in [0.4, 0.5) is 8.78 Å². The molecule has 2 aliphatic carbocycles. The van der Waals surface area contributed by atoms with Crippen molar-refractivity contribution in [1.82, 2.24) is 0 Å². The Morgan fingerprint density at radius 3 is 1.76 bits per heavy atom. The van der Waals surface area contributed by atoms with Gasteiger partial charge in [-0.3, -0.25) is 14.9 Å². The van der Waals surface area contributed by atoms with Crippen LogP contribution in [0.25, 0.3) is 23.3 Å². The van der Waals surface area contributed by atoms with E-state index in [4.69, 9.17) is 0 Å². The summed E-state index contributed by atoms with van der Waals surface area (Å²) in [7, 11) is 0. The fourth-order valence-electron chi connectivity index (χ4n) is 4.16. The molecule has 0 aromatic heterocycles. The minimum absolute atomic E-state index is 0. The topological polar surface area (TPSA) is 0 Å². The summed E-state index contributed by atoms with van der Waals surface area (Å²) >= 11 is 1.30. The molecule has 0 saturated heterocycles. The van der Waals surface area contributed by atoms with E-state index in [0.717, 1.165) is 12.0 Å². The van der Waals surface area contributed by atoms with Gasteiger partial charge in [-0.2, -0.15) is 71.8 Å². The Morgan fingerprint density at radius 1 is 0.822 bits per heavy atom. The molecule has 0 spiro atoms. The molecule has 4 aromatic rings. The summed E-state index contributed by atoms with van der Waals surface area (Å²) in [5.74, 6) is 0.0548. The molecule has 2 aliphatic rings. The van der Waals surface area contributed by atoms with Gasteiger partial charge in [-0.05, 0) is 12.0 Å². The molecular formula is C40H40Cl2F2Zr-4. The van der Waals surface area contributed by atoms with E-state index in [9.17, 15) is 8.78 Å². The standard InChI is InChI=1S/C17H13.C10H15.2C6H4F.CH2.2ClH.Zr/c1-3-12-5-7-14-11-15-8-6-13(4-2)10-17(15)16(14)9-12;1-8-5-6-9(7-8)10(2,3)4;2*7-6-4-2-1-3-5-6;;;;/h3-7,9-10H,1-2,11H2;6-8H,1-4H3;2*1-2,4-5H;1H2;2*1H;/q4*-1;;;;. The van der Waals surface area contributed by atoms with Crippen molar-refractivity contribution in [1.29, 1.82) is 0 Å². The number of rotatable bonds is 2. The quantitative estimate of drug-likeness (QED) is 0.159. The van der Waals surface area contributed by atoms with Crippen LogP contribution >= 0.6 is 24.8 Å². The summed E-state index contributed by atoms with van der Waals surface area (Å²) in [4.78, 5) is 0. The van der Waals surface area contributed by atoms with Crippen molar-refractivity contribution in [3.05, 3.63) is 168 Å². The van der Waals surface area contributed by atoms with Crippen molar-refractivity contribution >= 4 is 41.2 Å². The average molecular weight is 721 g/mol. The monoisotopic (exact) mass is 718 g/mol. The van der Waals surface area contributed by atoms with Crippen LogP contribution in [0.5, 0.6) is 0 Å². The Balaban J connectivity index is 0.000000597. The van der Waals surface area contributed by atoms with Gasteiger partial charge in [0.1, 0.15) is 0 Å². The molecule has 1 unspecified atom stereocenters. The molecule has 45 heavy (non-hydrogen) atoms. The fourth-order valence-corrected chi connectivity index (χ4v) is 4.16. The van der Waals surface area contributed by atoms with Gasteiger partial charge in [-0.1, -0.05) is 81.0 Å². The van der Waals surface area contributed by atoms with Gasteiger partial charge < -0.3 is 0 Å². The Labute approximate surface area is 296 Å². The zero-order valence-electron chi connectivity index (χ0n) is 26.3. The normalized spacial score (nSPS) is 12.8. The van der Waals surface area contributed by atoms with Gasteiger partial charge in [0.05, 0.1) is 0 Å². The summed E-state index contributed by atoms with van der Waals surface area (Å²) in [6, 6.07) is 31.1. The first kappa shape index (κ1) is 42.0. The van der Waals surface area contributed by atoms with E-state index in [1.165, 1.54) is 81.9 Å². The molecule has 0 aliphatic heterocycles. The second kappa shape index (κ2) is 21.7. The van der Waals surface area contributed by atoms with Crippen molar-refractivity contribution in [3.8, 4) is 11.1 Å². The Bertz CT molecular complexity index is 1430. The van der Waals surface area contributed by atoms with Gasteiger partial charge in [0.15, 0.2) is 0 Å². The number of hydrogen-bond acceptors (Lipinski definition) is 0. The van der Waals surface area contributed by atoms with E-state index < -0.39 is 0 Å². The van der Waals surface area contributed by atoms with Crippen molar-refractivity contribution in [3.63, 3.8) is 0 Å². The second-order valence-corrected chi connectivity index (χ2v) is 10.7. The first-order valence-electron chi connectivity index (χ1n) is 13.9. The van der Waals surface area contributed by atoms with Gasteiger partial charge in [0.25, 0.3) is 0 Å². The zero-order valence-corrected chi connectivity index (χ0v) is 30.4. The molecule has 0 amide bonds. The van der Waals surface area contributed by atoms with Gasteiger partial charge in [0.2, 0.25) is 0 Å². The zero-order chi connectivity index (χ0) is 31.8. The third kappa shape index (κ3) is 14.3. The summed E-state index contributed by atoms with van der Waals surface area (Å²) in [5.41, 5.74) is 9.28. The van der Waals surface area contributed by atoms with Gasteiger partial charge >= 0.3 is 28.4 Å². The molecule has 0 radical (unpaired) electrons. The van der Waals surface area contributed by atoms with Crippen LogP contribution in [0.2, 0.25) is 0 Å². The molecule has 0 heterocycles. The second-order valence-electron chi connectivity index (χ2n) is 10.7. The molecule has 0 saturated carbocycles. The third-order valence-electron chi connectivity index (χ3n) is 6.45. The first-order chi connectivity index (χ1) is 20.6. The SMILES string of the molecule is C=Cc1c[c-]c2c(c1)-c1cc(C=C)ccc1C2.CC1[C-]=CC(C(C)(C)C)=C1.Cl.Cl.Fc1c[c-]ccc1.Fc1c[c-]ccc1.[CH2]=[Zr]. The van der Waals surface area contributed by atoms with Crippen LogP contribution in [-0.2, 0) is 30.7 Å². The van der Waals surface area contributed by atoms with Crippen LogP contribution in [0.1, 0.15) is 49.9 Å². The van der Waals surface area contributed by atoms with Crippen molar-refractivity contribution in [2.45, 2.75) is 34.1 Å². The number of allylic oxidation sites excluding steroid dienone is 4. The number of benzene rings is 4. The van der Waals surface area contributed by atoms with Gasteiger partial charge in [-0.15, -0.1) is 72.9 Å². The van der Waals surface area contributed by atoms with E-state index in [2.05, 4.69) is 106 Å². The Morgan fingerprint density at radius 2 is 1.38 bits per heavy atom. The molecule has 0 N–H and O–H groups in total. The summed E-state index contributed by atoms with van der Waals surface area (Å²) in [6.45, 7) is 16.5. The molecule has 5 heteroatoms. The summed E-state index contributed by atoms with van der Waals surface area (Å²) in [6.07, 6.45) is 12.4. The van der Waals surface area contributed by atoms with Gasteiger partial charge in [-0.25, -0.2) is 6.08 Å². The third-order valence-corrected chi connectivity index (χ3v) is 6.45. The Hall–Kier alpha value is -2.97. The number of hydrogen-bond donors (Lipinski definition) is 0. The predicted molar refractivity (Wildman–Crippen MR) is 190 cm³/mol. The maximum atomic E-state index is 11.9. The minimum atomic E-state index is -0.234. The average Bonchev–Trinajstić information content (AvgIpc) is 3.63. The molecule has 6 rings (SSSR count). The van der Waals surface area contributed by atoms with Crippen LogP contribution in [0, 0.1) is 47.2 Å². The van der Waals surface area contributed by atoms with E-state index in [1.54, 1.807) is 24.3 Å². The molecule has 4 aromatic carbocycles. The van der Waals surface area contributed by atoms with E-state index in [0.29, 0.717) is 11.3 Å². The number of halogens is 4. The molecule has 236 valence electrons. The first-order valence-corrected chi connectivity index (χ1v) is 15.7. The number of fused-ring (bicyclic) bond motifs is 3. The molecule has 0 bridgehead atoms. The van der Waals surface area contributed by atoms with Gasteiger partial charge in [0, 0.05) is 11.6 Å². The van der Waals surface area contributed by atoms with Crippen LogP contribution < -0.4 is 0 Å².